The van der Waals surface area contributed by atoms with E-state index in [0.717, 1.165) is 24.8 Å². The second kappa shape index (κ2) is 6.03. The third kappa shape index (κ3) is 2.44. The van der Waals surface area contributed by atoms with Gasteiger partial charge in [-0.3, -0.25) is 0 Å². The summed E-state index contributed by atoms with van der Waals surface area (Å²) in [6.07, 6.45) is 1.61. The molecule has 2 aliphatic rings. The average molecular weight is 334 g/mol. The Morgan fingerprint density at radius 1 is 1.04 bits per heavy atom. The maximum atomic E-state index is 11.3. The lowest BCUT2D eigenvalue weighted by atomic mass is 9.64. The Morgan fingerprint density at radius 3 is 2.32 bits per heavy atom. The van der Waals surface area contributed by atoms with E-state index in [1.54, 1.807) is 0 Å². The second-order valence-corrected chi connectivity index (χ2v) is 7.09. The Labute approximate surface area is 147 Å². The van der Waals surface area contributed by atoms with Crippen molar-refractivity contribution in [3.8, 4) is 0 Å². The van der Waals surface area contributed by atoms with Crippen molar-refractivity contribution in [2.75, 3.05) is 13.1 Å². The molecule has 1 unspecified atom stereocenters. The number of hydrogen-bond donors (Lipinski definition) is 2. The van der Waals surface area contributed by atoms with Gasteiger partial charge in [-0.15, -0.1) is 0 Å². The van der Waals surface area contributed by atoms with Crippen LogP contribution in [0.25, 0.3) is 0 Å². The monoisotopic (exact) mass is 334 g/mol. The molecule has 0 aromatic heterocycles. The van der Waals surface area contributed by atoms with Gasteiger partial charge in [0.05, 0.1) is 5.71 Å². The number of rotatable bonds is 2. The van der Waals surface area contributed by atoms with Gasteiger partial charge < -0.3 is 15.4 Å². The summed E-state index contributed by atoms with van der Waals surface area (Å²) in [5.41, 5.74) is 3.83. The molecule has 1 fully saturated rings. The van der Waals surface area contributed by atoms with Crippen LogP contribution in [-0.2, 0) is 11.8 Å². The number of nitrogens with one attached hydrogen (secondary N) is 1. The zero-order valence-corrected chi connectivity index (χ0v) is 14.1. The van der Waals surface area contributed by atoms with Crippen molar-refractivity contribution in [3.63, 3.8) is 0 Å². The van der Waals surface area contributed by atoms with Crippen LogP contribution in [0, 0.1) is 11.3 Å². The Kier molecular flexibility index (Phi) is 3.83. The number of benzene rings is 2. The molecule has 0 radical (unpaired) electrons. The maximum absolute atomic E-state index is 11.3. The molecule has 1 atom stereocenters. The van der Waals surface area contributed by atoms with Crippen molar-refractivity contribution in [1.82, 2.24) is 4.90 Å². The second-order valence-electron chi connectivity index (χ2n) is 7.09. The van der Waals surface area contributed by atoms with Crippen molar-refractivity contribution in [1.29, 1.82) is 5.41 Å². The topological polar surface area (TPSA) is 64.4 Å². The number of amides is 1. The molecule has 1 heterocycles. The van der Waals surface area contributed by atoms with Gasteiger partial charge >= 0.3 is 6.09 Å². The van der Waals surface area contributed by atoms with E-state index in [-0.39, 0.29) is 11.3 Å². The van der Waals surface area contributed by atoms with Gasteiger partial charge in [0.25, 0.3) is 0 Å². The molecule has 128 valence electrons. The molecule has 4 nitrogen and oxygen atoms in total. The van der Waals surface area contributed by atoms with Crippen LogP contribution in [0.2, 0.25) is 0 Å². The standard InChI is InChI=1S/C21H22N2O2/c22-19-18-9-5-4-6-15(18)14-21(19,16-7-2-1-3-8-16)17-10-12-23(13-11-17)20(24)25/h1-9,17,22H,10-14H2,(H,24,25). The minimum absolute atomic E-state index is 0.283. The Bertz CT molecular complexity index is 810. The summed E-state index contributed by atoms with van der Waals surface area (Å²) in [6, 6.07) is 18.6. The highest BCUT2D eigenvalue weighted by molar-refractivity contribution is 6.10. The number of likely N-dealkylation sites (tertiary alicyclic amines) is 1. The molecule has 2 N–H and O–H groups in total. The fourth-order valence-corrected chi connectivity index (χ4v) is 4.68. The SMILES string of the molecule is N=C1c2ccccc2CC1(c1ccccc1)C1CCN(C(=O)O)CC1. The number of carboxylic acid groups (broad SMARTS) is 1. The highest BCUT2D eigenvalue weighted by atomic mass is 16.4. The van der Waals surface area contributed by atoms with Crippen molar-refractivity contribution < 1.29 is 9.90 Å². The van der Waals surface area contributed by atoms with E-state index in [2.05, 4.69) is 24.3 Å². The smallest absolute Gasteiger partial charge is 0.407 e. The van der Waals surface area contributed by atoms with Crippen molar-refractivity contribution in [2.45, 2.75) is 24.7 Å². The van der Waals surface area contributed by atoms with Gasteiger partial charge in [-0.25, -0.2) is 4.79 Å². The van der Waals surface area contributed by atoms with Crippen LogP contribution in [0.5, 0.6) is 0 Å². The van der Waals surface area contributed by atoms with Crippen LogP contribution in [0.3, 0.4) is 0 Å². The van der Waals surface area contributed by atoms with Crippen molar-refractivity contribution in [3.05, 3.63) is 71.3 Å². The summed E-state index contributed by atoms with van der Waals surface area (Å²) >= 11 is 0. The van der Waals surface area contributed by atoms with Gasteiger partial charge in [-0.1, -0.05) is 54.6 Å². The molecule has 2 aromatic rings. The Balaban J connectivity index is 1.75. The van der Waals surface area contributed by atoms with E-state index in [1.807, 2.05) is 30.3 Å². The van der Waals surface area contributed by atoms with Gasteiger partial charge in [-0.05, 0) is 41.9 Å². The lowest BCUT2D eigenvalue weighted by Crippen LogP contribution is -2.48. The van der Waals surface area contributed by atoms with E-state index >= 15 is 0 Å². The van der Waals surface area contributed by atoms with Gasteiger partial charge in [0.1, 0.15) is 0 Å². The first kappa shape index (κ1) is 15.9. The molecular formula is C21H22N2O2. The van der Waals surface area contributed by atoms with E-state index in [0.29, 0.717) is 18.8 Å². The largest absolute Gasteiger partial charge is 0.465 e. The lowest BCUT2D eigenvalue weighted by Gasteiger charge is -2.42. The minimum Gasteiger partial charge on any atom is -0.465 e. The first-order valence-electron chi connectivity index (χ1n) is 8.83. The van der Waals surface area contributed by atoms with Crippen LogP contribution in [0.15, 0.2) is 54.6 Å². The first-order chi connectivity index (χ1) is 12.1. The first-order valence-corrected chi connectivity index (χ1v) is 8.83. The predicted octanol–water partition coefficient (Wildman–Crippen LogP) is 3.94. The number of hydrogen-bond acceptors (Lipinski definition) is 2. The van der Waals surface area contributed by atoms with Gasteiger partial charge in [-0.2, -0.15) is 0 Å². The number of piperidine rings is 1. The van der Waals surface area contributed by atoms with Gasteiger partial charge in [0.2, 0.25) is 0 Å². The zero-order valence-electron chi connectivity index (χ0n) is 14.1. The fourth-order valence-electron chi connectivity index (χ4n) is 4.68. The number of carbonyl (C=O) groups is 1. The quantitative estimate of drug-likeness (QED) is 0.874. The summed E-state index contributed by atoms with van der Waals surface area (Å²) in [5.74, 6) is 0.283. The van der Waals surface area contributed by atoms with E-state index < -0.39 is 6.09 Å². The highest BCUT2D eigenvalue weighted by Crippen LogP contribution is 2.48. The molecule has 25 heavy (non-hydrogen) atoms. The molecular weight excluding hydrogens is 312 g/mol. The summed E-state index contributed by atoms with van der Waals surface area (Å²) in [6.45, 7) is 1.11. The molecule has 1 aliphatic carbocycles. The molecule has 2 aromatic carbocycles. The molecule has 0 saturated carbocycles. The Hall–Kier alpha value is -2.62. The molecule has 4 heteroatoms. The third-order valence-corrected chi connectivity index (χ3v) is 5.95. The molecule has 1 aliphatic heterocycles. The van der Waals surface area contributed by atoms with E-state index in [9.17, 15) is 9.90 Å². The van der Waals surface area contributed by atoms with Gasteiger partial charge in [0, 0.05) is 18.5 Å². The van der Waals surface area contributed by atoms with Crippen LogP contribution in [0.4, 0.5) is 4.79 Å². The van der Waals surface area contributed by atoms with E-state index in [1.165, 1.54) is 16.0 Å². The zero-order chi connectivity index (χ0) is 17.4. The molecule has 1 amide bonds. The summed E-state index contributed by atoms with van der Waals surface area (Å²) in [7, 11) is 0. The van der Waals surface area contributed by atoms with Crippen LogP contribution in [0.1, 0.15) is 29.5 Å². The maximum Gasteiger partial charge on any atom is 0.407 e. The highest BCUT2D eigenvalue weighted by Gasteiger charge is 2.50. The number of fused-ring (bicyclic) bond motifs is 1. The Morgan fingerprint density at radius 2 is 1.68 bits per heavy atom. The molecule has 0 spiro atoms. The normalized spacial score (nSPS) is 23.5. The third-order valence-electron chi connectivity index (χ3n) is 5.95. The fraction of sp³-hybridized carbons (Fsp3) is 0.333. The minimum atomic E-state index is -0.836. The van der Waals surface area contributed by atoms with Crippen LogP contribution >= 0.6 is 0 Å². The molecule has 0 bridgehead atoms. The van der Waals surface area contributed by atoms with Gasteiger partial charge in [0.15, 0.2) is 0 Å². The average Bonchev–Trinajstić information content (AvgIpc) is 2.96. The van der Waals surface area contributed by atoms with E-state index in [4.69, 9.17) is 5.41 Å². The van der Waals surface area contributed by atoms with Crippen molar-refractivity contribution >= 4 is 11.8 Å². The predicted molar refractivity (Wildman–Crippen MR) is 97.4 cm³/mol. The molecule has 1 saturated heterocycles. The van der Waals surface area contributed by atoms with Crippen LogP contribution < -0.4 is 0 Å². The lowest BCUT2D eigenvalue weighted by molar-refractivity contribution is 0.114. The summed E-state index contributed by atoms with van der Waals surface area (Å²) in [4.78, 5) is 12.8. The summed E-state index contributed by atoms with van der Waals surface area (Å²) in [5, 5.41) is 18.3. The van der Waals surface area contributed by atoms with Crippen LogP contribution in [-0.4, -0.2) is 34.9 Å². The van der Waals surface area contributed by atoms with Crippen molar-refractivity contribution in [2.24, 2.45) is 5.92 Å². The number of nitrogens with zero attached hydrogens (tertiary/aromatic N) is 1. The molecule has 4 rings (SSSR count). The summed E-state index contributed by atoms with van der Waals surface area (Å²) < 4.78 is 0.